The molecule has 0 bridgehead atoms. The average Bonchev–Trinajstić information content (AvgIpc) is 2.23. The molecule has 0 aliphatic heterocycles. The summed E-state index contributed by atoms with van der Waals surface area (Å²) in [7, 11) is 0. The molecular weight excluding hydrogens is 282 g/mol. The molecule has 0 aliphatic carbocycles. The Morgan fingerprint density at radius 3 is 1.76 bits per heavy atom. The fourth-order valence-electron chi connectivity index (χ4n) is 1.87. The minimum atomic E-state index is -1.58. The van der Waals surface area contributed by atoms with Crippen molar-refractivity contribution in [2.75, 3.05) is 0 Å². The van der Waals surface area contributed by atoms with Gasteiger partial charge in [-0.05, 0) is 11.8 Å². The van der Waals surface area contributed by atoms with Gasteiger partial charge in [0.2, 0.25) is 5.91 Å². The lowest BCUT2D eigenvalue weighted by atomic mass is 9.82. The topological polar surface area (TPSA) is 141 Å². The van der Waals surface area contributed by atoms with Crippen molar-refractivity contribution in [2.24, 2.45) is 11.3 Å². The number of carboxylic acids is 3. The molecule has 0 aromatic rings. The summed E-state index contributed by atoms with van der Waals surface area (Å²) in [5.74, 6) is -5.70. The first kappa shape index (κ1) is 18.9. The number of hydrogen-bond donors (Lipinski definition) is 4. The van der Waals surface area contributed by atoms with Crippen LogP contribution in [-0.2, 0) is 19.2 Å². The van der Waals surface area contributed by atoms with Crippen LogP contribution in [0.15, 0.2) is 0 Å². The number of aliphatic carboxylic acids is 3. The molecule has 2 atom stereocenters. The van der Waals surface area contributed by atoms with Crippen LogP contribution in [0.1, 0.15) is 40.0 Å². The highest BCUT2D eigenvalue weighted by molar-refractivity contribution is 5.89. The van der Waals surface area contributed by atoms with Gasteiger partial charge in [0.05, 0.1) is 12.8 Å². The molecule has 8 heteroatoms. The van der Waals surface area contributed by atoms with Crippen LogP contribution in [0.3, 0.4) is 0 Å². The predicted octanol–water partition coefficient (Wildman–Crippen LogP) is 0.558. The van der Waals surface area contributed by atoms with Crippen molar-refractivity contribution < 1.29 is 34.5 Å². The SMILES string of the molecule is CC(C)(C)C[C@@H](CC(=O)O)C(=O)N[C@@H](CC(=O)O)C(=O)O. The Balaban J connectivity index is 4.96. The number of rotatable bonds is 8. The van der Waals surface area contributed by atoms with Gasteiger partial charge in [0.15, 0.2) is 0 Å². The van der Waals surface area contributed by atoms with E-state index >= 15 is 0 Å². The summed E-state index contributed by atoms with van der Waals surface area (Å²) in [6, 6.07) is -1.58. The molecule has 0 saturated heterocycles. The average molecular weight is 303 g/mol. The Morgan fingerprint density at radius 1 is 0.952 bits per heavy atom. The molecule has 8 nitrogen and oxygen atoms in total. The van der Waals surface area contributed by atoms with Gasteiger partial charge < -0.3 is 20.6 Å². The van der Waals surface area contributed by atoms with E-state index in [1.165, 1.54) is 0 Å². The van der Waals surface area contributed by atoms with E-state index in [4.69, 9.17) is 15.3 Å². The second-order valence-corrected chi connectivity index (χ2v) is 6.06. The third-order valence-corrected chi connectivity index (χ3v) is 2.64. The summed E-state index contributed by atoms with van der Waals surface area (Å²) in [6.07, 6.45) is -0.969. The summed E-state index contributed by atoms with van der Waals surface area (Å²) in [6.45, 7) is 5.46. The van der Waals surface area contributed by atoms with Crippen molar-refractivity contribution in [1.29, 1.82) is 0 Å². The molecule has 0 aromatic heterocycles. The van der Waals surface area contributed by atoms with E-state index < -0.39 is 48.6 Å². The fourth-order valence-corrected chi connectivity index (χ4v) is 1.87. The number of nitrogens with one attached hydrogen (secondary N) is 1. The van der Waals surface area contributed by atoms with E-state index in [9.17, 15) is 19.2 Å². The van der Waals surface area contributed by atoms with E-state index in [1.807, 2.05) is 20.8 Å². The molecule has 0 saturated carbocycles. The molecule has 0 unspecified atom stereocenters. The van der Waals surface area contributed by atoms with E-state index in [2.05, 4.69) is 5.32 Å². The lowest BCUT2D eigenvalue weighted by molar-refractivity contribution is -0.148. The normalized spacial score (nSPS) is 14.0. The van der Waals surface area contributed by atoms with Gasteiger partial charge in [0, 0.05) is 5.92 Å². The van der Waals surface area contributed by atoms with Gasteiger partial charge in [-0.25, -0.2) is 4.79 Å². The summed E-state index contributed by atoms with van der Waals surface area (Å²) >= 11 is 0. The van der Waals surface area contributed by atoms with Crippen molar-refractivity contribution >= 4 is 23.8 Å². The molecule has 0 radical (unpaired) electrons. The molecule has 1 amide bonds. The Morgan fingerprint density at radius 2 is 1.43 bits per heavy atom. The van der Waals surface area contributed by atoms with Crippen molar-refractivity contribution in [3.05, 3.63) is 0 Å². The molecule has 21 heavy (non-hydrogen) atoms. The zero-order valence-corrected chi connectivity index (χ0v) is 12.3. The van der Waals surface area contributed by atoms with Crippen molar-refractivity contribution in [2.45, 2.75) is 46.1 Å². The highest BCUT2D eigenvalue weighted by Gasteiger charge is 2.31. The Kier molecular flexibility index (Phi) is 6.84. The van der Waals surface area contributed by atoms with Gasteiger partial charge in [-0.2, -0.15) is 0 Å². The van der Waals surface area contributed by atoms with E-state index in [1.54, 1.807) is 0 Å². The smallest absolute Gasteiger partial charge is 0.326 e. The first-order valence-corrected chi connectivity index (χ1v) is 6.39. The maximum Gasteiger partial charge on any atom is 0.326 e. The third-order valence-electron chi connectivity index (χ3n) is 2.64. The number of carboxylic acid groups (broad SMARTS) is 3. The molecule has 0 rings (SSSR count). The van der Waals surface area contributed by atoms with Crippen LogP contribution in [0, 0.1) is 11.3 Å². The summed E-state index contributed by atoms with van der Waals surface area (Å²) in [5, 5.41) is 28.4. The van der Waals surface area contributed by atoms with Gasteiger partial charge in [-0.15, -0.1) is 0 Å². The Labute approximate surface area is 122 Å². The van der Waals surface area contributed by atoms with Gasteiger partial charge in [-0.3, -0.25) is 14.4 Å². The first-order chi connectivity index (χ1) is 9.42. The van der Waals surface area contributed by atoms with Crippen LogP contribution in [0.4, 0.5) is 0 Å². The molecule has 0 spiro atoms. The highest BCUT2D eigenvalue weighted by Crippen LogP contribution is 2.26. The first-order valence-electron chi connectivity index (χ1n) is 6.39. The van der Waals surface area contributed by atoms with Crippen molar-refractivity contribution in [3.63, 3.8) is 0 Å². The molecular formula is C13H21NO7. The zero-order valence-electron chi connectivity index (χ0n) is 12.3. The number of carbonyl (C=O) groups excluding carboxylic acids is 1. The molecule has 0 fully saturated rings. The van der Waals surface area contributed by atoms with Crippen molar-refractivity contribution in [1.82, 2.24) is 5.32 Å². The summed E-state index contributed by atoms with van der Waals surface area (Å²) in [4.78, 5) is 44.3. The van der Waals surface area contributed by atoms with E-state index in [-0.39, 0.29) is 11.8 Å². The summed E-state index contributed by atoms with van der Waals surface area (Å²) in [5.41, 5.74) is -0.330. The third kappa shape index (κ3) is 8.61. The van der Waals surface area contributed by atoms with Crippen molar-refractivity contribution in [3.8, 4) is 0 Å². The largest absolute Gasteiger partial charge is 0.481 e. The maximum atomic E-state index is 12.0. The Hall–Kier alpha value is -2.12. The summed E-state index contributed by atoms with van der Waals surface area (Å²) < 4.78 is 0. The minimum absolute atomic E-state index is 0.241. The zero-order chi connectivity index (χ0) is 16.8. The highest BCUT2D eigenvalue weighted by atomic mass is 16.4. The lowest BCUT2D eigenvalue weighted by Gasteiger charge is -2.25. The van der Waals surface area contributed by atoms with Gasteiger partial charge in [-0.1, -0.05) is 20.8 Å². The molecule has 0 aliphatic rings. The fraction of sp³-hybridized carbons (Fsp3) is 0.692. The number of hydrogen-bond acceptors (Lipinski definition) is 4. The lowest BCUT2D eigenvalue weighted by Crippen LogP contribution is -2.45. The van der Waals surface area contributed by atoms with Crippen LogP contribution in [0.25, 0.3) is 0 Å². The molecule has 4 N–H and O–H groups in total. The van der Waals surface area contributed by atoms with Crippen LogP contribution in [0.5, 0.6) is 0 Å². The van der Waals surface area contributed by atoms with Gasteiger partial charge in [0.25, 0.3) is 0 Å². The number of carbonyl (C=O) groups is 4. The van der Waals surface area contributed by atoms with Gasteiger partial charge >= 0.3 is 17.9 Å². The van der Waals surface area contributed by atoms with E-state index in [0.29, 0.717) is 0 Å². The number of amides is 1. The maximum absolute atomic E-state index is 12.0. The monoisotopic (exact) mass is 303 g/mol. The standard InChI is InChI=1S/C13H21NO7/c1-13(2,3)6-7(4-9(15)16)11(19)14-8(12(20)21)5-10(17)18/h7-8H,4-6H2,1-3H3,(H,14,19)(H,15,16)(H,17,18)(H,20,21)/t7-,8+/m1/s1. The minimum Gasteiger partial charge on any atom is -0.481 e. The predicted molar refractivity (Wildman–Crippen MR) is 71.6 cm³/mol. The second-order valence-electron chi connectivity index (χ2n) is 6.06. The molecule has 0 heterocycles. The van der Waals surface area contributed by atoms with Crippen LogP contribution in [0.2, 0.25) is 0 Å². The quantitative estimate of drug-likeness (QED) is 0.513. The van der Waals surface area contributed by atoms with Crippen LogP contribution in [-0.4, -0.2) is 45.2 Å². The molecule has 0 aromatic carbocycles. The van der Waals surface area contributed by atoms with Crippen LogP contribution >= 0.6 is 0 Å². The Bertz CT molecular complexity index is 425. The van der Waals surface area contributed by atoms with Crippen LogP contribution < -0.4 is 5.32 Å². The van der Waals surface area contributed by atoms with E-state index in [0.717, 1.165) is 0 Å². The van der Waals surface area contributed by atoms with Gasteiger partial charge in [0.1, 0.15) is 6.04 Å². The second kappa shape index (κ2) is 7.61. The molecule has 120 valence electrons.